The first-order chi connectivity index (χ1) is 8.69. The summed E-state index contributed by atoms with van der Waals surface area (Å²) in [5.74, 6) is 0.126. The monoisotopic (exact) mass is 279 g/mol. The molecule has 0 saturated carbocycles. The molecule has 19 heavy (non-hydrogen) atoms. The van der Waals surface area contributed by atoms with Gasteiger partial charge in [0, 0.05) is 18.6 Å². The largest absolute Gasteiger partial charge is 0.355 e. The predicted octanol–water partition coefficient (Wildman–Crippen LogP) is 2.08. The van der Waals surface area contributed by atoms with Crippen LogP contribution in [0.5, 0.6) is 0 Å². The highest BCUT2D eigenvalue weighted by molar-refractivity contribution is 6.06. The van der Waals surface area contributed by atoms with Crippen molar-refractivity contribution in [1.82, 2.24) is 10.3 Å². The molecule has 0 bridgehead atoms. The van der Waals surface area contributed by atoms with Crippen LogP contribution in [0.4, 0.5) is 0 Å². The molecule has 2 aromatic rings. The SMILES string of the molecule is CNC(=O)c1ccnc2c([C@@H](C)CN)cccc12.Cl. The van der Waals surface area contributed by atoms with Crippen molar-refractivity contribution in [3.05, 3.63) is 41.6 Å². The maximum atomic E-state index is 11.8. The zero-order chi connectivity index (χ0) is 13.1. The molecule has 102 valence electrons. The molecule has 0 saturated heterocycles. The molecule has 1 aromatic heterocycles. The van der Waals surface area contributed by atoms with E-state index in [-0.39, 0.29) is 24.2 Å². The molecule has 5 heteroatoms. The van der Waals surface area contributed by atoms with E-state index in [1.165, 1.54) is 0 Å². The highest BCUT2D eigenvalue weighted by Crippen LogP contribution is 2.25. The summed E-state index contributed by atoms with van der Waals surface area (Å²) in [4.78, 5) is 16.2. The van der Waals surface area contributed by atoms with Crippen molar-refractivity contribution in [2.75, 3.05) is 13.6 Å². The third kappa shape index (κ3) is 2.85. The number of aromatic nitrogens is 1. The molecule has 1 amide bonds. The number of hydrogen-bond acceptors (Lipinski definition) is 3. The Kier molecular flexibility index (Phi) is 5.27. The van der Waals surface area contributed by atoms with E-state index in [2.05, 4.69) is 17.2 Å². The molecule has 0 radical (unpaired) electrons. The van der Waals surface area contributed by atoms with Gasteiger partial charge in [0.15, 0.2) is 0 Å². The third-order valence-electron chi connectivity index (χ3n) is 3.16. The second-order valence-corrected chi connectivity index (χ2v) is 4.32. The van der Waals surface area contributed by atoms with Crippen LogP contribution in [-0.4, -0.2) is 24.5 Å². The summed E-state index contributed by atoms with van der Waals surface area (Å²) in [5, 5.41) is 3.51. The first kappa shape index (κ1) is 15.4. The summed E-state index contributed by atoms with van der Waals surface area (Å²) >= 11 is 0. The standard InChI is InChI=1S/C14H17N3O.ClH/c1-9(8-15)10-4-3-5-11-12(14(18)16-2)6-7-17-13(10)11;/h3-7,9H,8,15H2,1-2H3,(H,16,18);1H/t9-;/m0./s1. The van der Waals surface area contributed by atoms with Crippen LogP contribution >= 0.6 is 12.4 Å². The van der Waals surface area contributed by atoms with Crippen LogP contribution in [-0.2, 0) is 0 Å². The van der Waals surface area contributed by atoms with E-state index in [1.807, 2.05) is 18.2 Å². The number of nitrogens with zero attached hydrogens (tertiary/aromatic N) is 1. The van der Waals surface area contributed by atoms with Crippen molar-refractivity contribution in [1.29, 1.82) is 0 Å². The lowest BCUT2D eigenvalue weighted by Gasteiger charge is -2.13. The fourth-order valence-corrected chi connectivity index (χ4v) is 2.06. The number of nitrogens with two attached hydrogens (primary N) is 1. The Balaban J connectivity index is 0.00000180. The van der Waals surface area contributed by atoms with Crippen LogP contribution in [0.1, 0.15) is 28.8 Å². The maximum Gasteiger partial charge on any atom is 0.251 e. The summed E-state index contributed by atoms with van der Waals surface area (Å²) in [6.07, 6.45) is 1.67. The number of rotatable bonds is 3. The first-order valence-corrected chi connectivity index (χ1v) is 5.98. The van der Waals surface area contributed by atoms with E-state index < -0.39 is 0 Å². The van der Waals surface area contributed by atoms with Crippen LogP contribution in [0, 0.1) is 0 Å². The van der Waals surface area contributed by atoms with Gasteiger partial charge in [0.25, 0.3) is 5.91 Å². The molecule has 1 aromatic carbocycles. The summed E-state index contributed by atoms with van der Waals surface area (Å²) in [6, 6.07) is 7.61. The van der Waals surface area contributed by atoms with Gasteiger partial charge in [-0.25, -0.2) is 0 Å². The van der Waals surface area contributed by atoms with Crippen molar-refractivity contribution in [3.8, 4) is 0 Å². The summed E-state index contributed by atoms with van der Waals surface area (Å²) in [7, 11) is 1.63. The second-order valence-electron chi connectivity index (χ2n) is 4.32. The topological polar surface area (TPSA) is 68.0 Å². The smallest absolute Gasteiger partial charge is 0.251 e. The van der Waals surface area contributed by atoms with Crippen molar-refractivity contribution >= 4 is 29.2 Å². The van der Waals surface area contributed by atoms with Crippen LogP contribution in [0.25, 0.3) is 10.9 Å². The lowest BCUT2D eigenvalue weighted by molar-refractivity contribution is 0.0964. The molecule has 4 nitrogen and oxygen atoms in total. The Labute approximate surface area is 118 Å². The van der Waals surface area contributed by atoms with Crippen LogP contribution in [0.15, 0.2) is 30.5 Å². The van der Waals surface area contributed by atoms with E-state index in [1.54, 1.807) is 19.3 Å². The van der Waals surface area contributed by atoms with Crippen molar-refractivity contribution in [3.63, 3.8) is 0 Å². The highest BCUT2D eigenvalue weighted by atomic mass is 35.5. The van der Waals surface area contributed by atoms with Gasteiger partial charge in [0.05, 0.1) is 11.1 Å². The molecule has 1 atom stereocenters. The van der Waals surface area contributed by atoms with Gasteiger partial charge >= 0.3 is 0 Å². The normalized spacial score (nSPS) is 11.7. The highest BCUT2D eigenvalue weighted by Gasteiger charge is 2.13. The number of hydrogen-bond donors (Lipinski definition) is 2. The quantitative estimate of drug-likeness (QED) is 0.904. The lowest BCUT2D eigenvalue weighted by atomic mass is 9.96. The van der Waals surface area contributed by atoms with Crippen LogP contribution in [0.2, 0.25) is 0 Å². The van der Waals surface area contributed by atoms with Crippen molar-refractivity contribution < 1.29 is 4.79 Å². The number of amides is 1. The molecule has 0 aliphatic carbocycles. The van der Waals surface area contributed by atoms with E-state index in [9.17, 15) is 4.79 Å². The van der Waals surface area contributed by atoms with Gasteiger partial charge in [0.1, 0.15) is 0 Å². The first-order valence-electron chi connectivity index (χ1n) is 5.98. The average molecular weight is 280 g/mol. The molecular formula is C14H18ClN3O. The molecule has 2 rings (SSSR count). The van der Waals surface area contributed by atoms with Gasteiger partial charge in [0.2, 0.25) is 0 Å². The molecular weight excluding hydrogens is 262 g/mol. The van der Waals surface area contributed by atoms with Gasteiger partial charge in [-0.15, -0.1) is 12.4 Å². The predicted molar refractivity (Wildman–Crippen MR) is 79.9 cm³/mol. The number of pyridine rings is 1. The summed E-state index contributed by atoms with van der Waals surface area (Å²) in [5.41, 5.74) is 8.30. The average Bonchev–Trinajstić information content (AvgIpc) is 2.44. The van der Waals surface area contributed by atoms with Crippen molar-refractivity contribution in [2.24, 2.45) is 5.73 Å². The number of nitrogens with one attached hydrogen (secondary N) is 1. The molecule has 0 aliphatic rings. The number of benzene rings is 1. The fourth-order valence-electron chi connectivity index (χ4n) is 2.06. The van der Waals surface area contributed by atoms with Gasteiger partial charge in [-0.3, -0.25) is 9.78 Å². The van der Waals surface area contributed by atoms with Crippen molar-refractivity contribution in [2.45, 2.75) is 12.8 Å². The van der Waals surface area contributed by atoms with E-state index in [0.717, 1.165) is 16.5 Å². The molecule has 1 heterocycles. The third-order valence-corrected chi connectivity index (χ3v) is 3.16. The van der Waals surface area contributed by atoms with E-state index >= 15 is 0 Å². The second kappa shape index (κ2) is 6.50. The molecule has 0 unspecified atom stereocenters. The summed E-state index contributed by atoms with van der Waals surface area (Å²) in [6.45, 7) is 2.62. The fraction of sp³-hybridized carbons (Fsp3) is 0.286. The molecule has 0 spiro atoms. The Morgan fingerprint density at radius 3 is 2.79 bits per heavy atom. The number of para-hydroxylation sites is 1. The van der Waals surface area contributed by atoms with Gasteiger partial charge < -0.3 is 11.1 Å². The maximum absolute atomic E-state index is 11.8. The Morgan fingerprint density at radius 1 is 1.42 bits per heavy atom. The number of fused-ring (bicyclic) bond motifs is 1. The Morgan fingerprint density at radius 2 is 2.16 bits per heavy atom. The van der Waals surface area contributed by atoms with Gasteiger partial charge in [-0.05, 0) is 24.1 Å². The molecule has 0 fully saturated rings. The Bertz CT molecular complexity index is 586. The summed E-state index contributed by atoms with van der Waals surface area (Å²) < 4.78 is 0. The molecule has 0 aliphatic heterocycles. The zero-order valence-electron chi connectivity index (χ0n) is 11.0. The number of carbonyl (C=O) groups is 1. The van der Waals surface area contributed by atoms with E-state index in [0.29, 0.717) is 12.1 Å². The zero-order valence-corrected chi connectivity index (χ0v) is 11.8. The molecule has 3 N–H and O–H groups in total. The Hall–Kier alpha value is -1.65. The van der Waals surface area contributed by atoms with Gasteiger partial charge in [-0.1, -0.05) is 25.1 Å². The van der Waals surface area contributed by atoms with E-state index in [4.69, 9.17) is 5.73 Å². The minimum absolute atomic E-state index is 0. The minimum Gasteiger partial charge on any atom is -0.355 e. The number of halogens is 1. The number of carbonyl (C=O) groups excluding carboxylic acids is 1. The van der Waals surface area contributed by atoms with Crippen LogP contribution < -0.4 is 11.1 Å². The minimum atomic E-state index is -0.0973. The van der Waals surface area contributed by atoms with Crippen LogP contribution in [0.3, 0.4) is 0 Å². The van der Waals surface area contributed by atoms with Gasteiger partial charge in [-0.2, -0.15) is 0 Å². The lowest BCUT2D eigenvalue weighted by Crippen LogP contribution is -2.18.